The molecule has 0 fully saturated rings. The quantitative estimate of drug-likeness (QED) is 0.370. The topological polar surface area (TPSA) is 57.4 Å². The van der Waals surface area contributed by atoms with Gasteiger partial charge in [-0.05, 0) is 66.8 Å². The number of hydrogen-bond acceptors (Lipinski definition) is 3. The fourth-order valence-corrected chi connectivity index (χ4v) is 3.95. The number of fused-ring (bicyclic) bond motifs is 1. The van der Waals surface area contributed by atoms with Crippen molar-refractivity contribution in [1.29, 1.82) is 0 Å². The third-order valence-electron chi connectivity index (χ3n) is 5.59. The monoisotopic (exact) mass is 457 g/mol. The second-order valence-electron chi connectivity index (χ2n) is 8.03. The Morgan fingerprint density at radius 2 is 1.79 bits per heavy atom. The molecule has 4 rings (SSSR count). The van der Waals surface area contributed by atoms with Crippen molar-refractivity contribution in [3.8, 4) is 5.75 Å². The number of benzene rings is 3. The lowest BCUT2D eigenvalue weighted by Gasteiger charge is -2.26. The number of hydrogen-bond donors (Lipinski definition) is 2. The molecule has 0 radical (unpaired) electrons. The van der Waals surface area contributed by atoms with E-state index in [1.165, 1.54) is 11.1 Å². The smallest absolute Gasteiger partial charge is 0.253 e. The predicted octanol–water partition coefficient (Wildman–Crippen LogP) is 5.29. The molecule has 0 atom stereocenters. The van der Waals surface area contributed by atoms with E-state index >= 15 is 0 Å². The molecule has 0 aliphatic heterocycles. The van der Waals surface area contributed by atoms with Gasteiger partial charge in [-0.2, -0.15) is 0 Å². The van der Waals surface area contributed by atoms with Gasteiger partial charge in [-0.15, -0.1) is 0 Å². The molecule has 0 unspecified atom stereocenters. The molecular formula is C27H27N3O2S. The van der Waals surface area contributed by atoms with Gasteiger partial charge in [0.25, 0.3) is 5.56 Å². The van der Waals surface area contributed by atoms with Crippen LogP contribution in [0.1, 0.15) is 16.7 Å². The molecule has 1 heterocycles. The Labute approximate surface area is 199 Å². The maximum Gasteiger partial charge on any atom is 0.253 e. The number of aryl methyl sites for hydroxylation is 1. The molecule has 4 aromatic rings. The van der Waals surface area contributed by atoms with E-state index in [9.17, 15) is 4.79 Å². The standard InChI is InChI=1S/C27H27N3O2S/c1-19-8-11-23(12-9-19)28-27(33)30(15-14-20-6-4-3-5-7-20)18-22-16-21-10-13-24(32-2)17-25(21)29-26(22)31/h3-13,16-17H,14-15,18H2,1-2H3,(H,28,33)(H,29,31). The number of aromatic amines is 1. The number of methoxy groups -OCH3 is 1. The largest absolute Gasteiger partial charge is 0.497 e. The van der Waals surface area contributed by atoms with Crippen LogP contribution in [0.15, 0.2) is 83.7 Å². The number of pyridine rings is 1. The fraction of sp³-hybridized carbons (Fsp3) is 0.185. The van der Waals surface area contributed by atoms with Crippen LogP contribution in [0.3, 0.4) is 0 Å². The summed E-state index contributed by atoms with van der Waals surface area (Å²) in [6.45, 7) is 3.14. The number of rotatable bonds is 7. The number of nitrogens with zero attached hydrogens (tertiary/aromatic N) is 1. The number of nitrogens with one attached hydrogen (secondary N) is 2. The Bertz CT molecular complexity index is 1300. The molecule has 0 amide bonds. The molecule has 33 heavy (non-hydrogen) atoms. The van der Waals surface area contributed by atoms with Gasteiger partial charge in [0, 0.05) is 23.9 Å². The molecule has 2 N–H and O–H groups in total. The van der Waals surface area contributed by atoms with E-state index in [2.05, 4.69) is 29.4 Å². The van der Waals surface area contributed by atoms with Crippen molar-refractivity contribution in [2.24, 2.45) is 0 Å². The Hall–Kier alpha value is -3.64. The minimum atomic E-state index is -0.126. The number of ether oxygens (including phenoxy) is 1. The van der Waals surface area contributed by atoms with Crippen LogP contribution in [-0.4, -0.2) is 28.7 Å². The lowest BCUT2D eigenvalue weighted by molar-refractivity contribution is 0.415. The van der Waals surface area contributed by atoms with Gasteiger partial charge < -0.3 is 19.9 Å². The second kappa shape index (κ2) is 10.3. The predicted molar refractivity (Wildman–Crippen MR) is 139 cm³/mol. The highest BCUT2D eigenvalue weighted by atomic mass is 32.1. The minimum absolute atomic E-state index is 0.126. The van der Waals surface area contributed by atoms with E-state index < -0.39 is 0 Å². The summed E-state index contributed by atoms with van der Waals surface area (Å²) in [4.78, 5) is 17.9. The number of H-pyrrole nitrogens is 1. The van der Waals surface area contributed by atoms with Crippen LogP contribution in [0.5, 0.6) is 5.75 Å². The maximum absolute atomic E-state index is 12.9. The van der Waals surface area contributed by atoms with Crippen molar-refractivity contribution in [2.75, 3.05) is 19.0 Å². The number of anilines is 1. The Kier molecular flexibility index (Phi) is 7.05. The summed E-state index contributed by atoms with van der Waals surface area (Å²) < 4.78 is 5.27. The van der Waals surface area contributed by atoms with Gasteiger partial charge in [-0.1, -0.05) is 48.0 Å². The summed E-state index contributed by atoms with van der Waals surface area (Å²) in [7, 11) is 1.61. The summed E-state index contributed by atoms with van der Waals surface area (Å²) in [5, 5.41) is 4.86. The van der Waals surface area contributed by atoms with E-state index in [4.69, 9.17) is 17.0 Å². The highest BCUT2D eigenvalue weighted by Gasteiger charge is 2.14. The molecule has 0 spiro atoms. The van der Waals surface area contributed by atoms with E-state index in [1.807, 2.05) is 71.6 Å². The fourth-order valence-electron chi connectivity index (χ4n) is 3.68. The van der Waals surface area contributed by atoms with Crippen LogP contribution in [-0.2, 0) is 13.0 Å². The molecular weight excluding hydrogens is 430 g/mol. The molecule has 1 aromatic heterocycles. The molecule has 3 aromatic carbocycles. The lowest BCUT2D eigenvalue weighted by Crippen LogP contribution is -2.37. The first kappa shape index (κ1) is 22.6. The first-order valence-electron chi connectivity index (χ1n) is 10.9. The van der Waals surface area contributed by atoms with Crippen molar-refractivity contribution >= 4 is 33.9 Å². The summed E-state index contributed by atoms with van der Waals surface area (Å²) >= 11 is 5.76. The van der Waals surface area contributed by atoms with Crippen molar-refractivity contribution in [3.05, 3.63) is 106 Å². The van der Waals surface area contributed by atoms with E-state index in [-0.39, 0.29) is 5.56 Å². The van der Waals surface area contributed by atoms with Gasteiger partial charge in [-0.25, -0.2) is 0 Å². The zero-order chi connectivity index (χ0) is 23.2. The molecule has 5 nitrogen and oxygen atoms in total. The van der Waals surface area contributed by atoms with Crippen LogP contribution < -0.4 is 15.6 Å². The van der Waals surface area contributed by atoms with E-state index in [1.54, 1.807) is 7.11 Å². The summed E-state index contributed by atoms with van der Waals surface area (Å²) in [5.41, 5.74) is 4.62. The minimum Gasteiger partial charge on any atom is -0.497 e. The van der Waals surface area contributed by atoms with Crippen molar-refractivity contribution in [3.63, 3.8) is 0 Å². The lowest BCUT2D eigenvalue weighted by atomic mass is 10.1. The summed E-state index contributed by atoms with van der Waals surface area (Å²) in [6, 6.07) is 26.0. The number of aromatic nitrogens is 1. The highest BCUT2D eigenvalue weighted by Crippen LogP contribution is 2.19. The van der Waals surface area contributed by atoms with Gasteiger partial charge in [0.2, 0.25) is 0 Å². The molecule has 0 aliphatic carbocycles. The van der Waals surface area contributed by atoms with Crippen LogP contribution in [0.4, 0.5) is 5.69 Å². The Morgan fingerprint density at radius 3 is 2.52 bits per heavy atom. The third kappa shape index (κ3) is 5.79. The molecule has 0 saturated heterocycles. The van der Waals surface area contributed by atoms with Gasteiger partial charge in [0.15, 0.2) is 5.11 Å². The summed E-state index contributed by atoms with van der Waals surface area (Å²) in [6.07, 6.45) is 0.819. The van der Waals surface area contributed by atoms with E-state index in [0.29, 0.717) is 29.5 Å². The normalized spacial score (nSPS) is 10.7. The first-order chi connectivity index (χ1) is 16.0. The summed E-state index contributed by atoms with van der Waals surface area (Å²) in [5.74, 6) is 0.707. The molecule has 0 aliphatic rings. The van der Waals surface area contributed by atoms with Crippen LogP contribution in [0, 0.1) is 6.92 Å². The number of thiocarbonyl (C=S) groups is 1. The van der Waals surface area contributed by atoms with Crippen molar-refractivity contribution in [1.82, 2.24) is 9.88 Å². The van der Waals surface area contributed by atoms with Crippen molar-refractivity contribution in [2.45, 2.75) is 19.9 Å². The first-order valence-corrected chi connectivity index (χ1v) is 11.3. The highest BCUT2D eigenvalue weighted by molar-refractivity contribution is 7.80. The second-order valence-corrected chi connectivity index (χ2v) is 8.42. The molecule has 0 saturated carbocycles. The third-order valence-corrected chi connectivity index (χ3v) is 5.95. The molecule has 168 valence electrons. The van der Waals surface area contributed by atoms with Crippen LogP contribution >= 0.6 is 12.2 Å². The average Bonchev–Trinajstić information content (AvgIpc) is 2.83. The van der Waals surface area contributed by atoms with Crippen molar-refractivity contribution < 1.29 is 4.74 Å². The Balaban J connectivity index is 1.59. The maximum atomic E-state index is 12.9. The van der Waals surface area contributed by atoms with Gasteiger partial charge in [-0.3, -0.25) is 4.79 Å². The van der Waals surface area contributed by atoms with Crippen LogP contribution in [0.25, 0.3) is 10.9 Å². The SMILES string of the molecule is COc1ccc2cc(CN(CCc3ccccc3)C(=S)Nc3ccc(C)cc3)c(=O)[nH]c2c1. The van der Waals surface area contributed by atoms with Gasteiger partial charge >= 0.3 is 0 Å². The van der Waals surface area contributed by atoms with E-state index in [0.717, 1.165) is 23.0 Å². The zero-order valence-corrected chi connectivity index (χ0v) is 19.6. The molecule has 6 heteroatoms. The Morgan fingerprint density at radius 1 is 1.03 bits per heavy atom. The molecule has 0 bridgehead atoms. The zero-order valence-electron chi connectivity index (χ0n) is 18.8. The van der Waals surface area contributed by atoms with Gasteiger partial charge in [0.05, 0.1) is 19.2 Å². The van der Waals surface area contributed by atoms with Gasteiger partial charge in [0.1, 0.15) is 5.75 Å². The van der Waals surface area contributed by atoms with Crippen LogP contribution in [0.2, 0.25) is 0 Å². The average molecular weight is 458 g/mol.